The van der Waals surface area contributed by atoms with E-state index >= 15 is 0 Å². The van der Waals surface area contributed by atoms with Gasteiger partial charge in [0.1, 0.15) is 5.82 Å². The number of carbonyl (C=O) groups excluding carboxylic acids is 1. The number of urea groups is 1. The number of hydrogen-bond donors (Lipinski definition) is 3. The normalized spacial score (nSPS) is 17.7. The molecular weight excluding hydrogens is 428 g/mol. The van der Waals surface area contributed by atoms with E-state index in [-0.39, 0.29) is 28.2 Å². The molecule has 3 N–H and O–H groups in total. The van der Waals surface area contributed by atoms with Crippen molar-refractivity contribution in [3.05, 3.63) is 74.9 Å². The van der Waals surface area contributed by atoms with Gasteiger partial charge in [0.05, 0.1) is 16.4 Å². The standard InChI is InChI=1S/C21H18ClF2N5O2/c1-10-4-13(5-12-6-19(30)28-29-20(10)12)26-21(31)27-17-8-15(22)14(7-16(17)23)11-2-3-18(24)25-9-11/h2-3,6-10,13H,4-5H2,1H3,(H,28,30)(H2,26,27,31). The summed E-state index contributed by atoms with van der Waals surface area (Å²) in [6, 6.07) is 5.67. The van der Waals surface area contributed by atoms with Crippen LogP contribution in [0.5, 0.6) is 0 Å². The molecule has 0 bridgehead atoms. The predicted octanol–water partition coefficient (Wildman–Crippen LogP) is 4.00. The molecule has 1 aromatic carbocycles. The summed E-state index contributed by atoms with van der Waals surface area (Å²) in [5, 5.41) is 12.0. The molecule has 0 spiro atoms. The number of nitrogens with one attached hydrogen (secondary N) is 3. The molecule has 2 aromatic heterocycles. The fourth-order valence-corrected chi connectivity index (χ4v) is 4.05. The zero-order chi connectivity index (χ0) is 22.1. The Morgan fingerprint density at radius 1 is 1.26 bits per heavy atom. The van der Waals surface area contributed by atoms with Crippen LogP contribution in [0, 0.1) is 11.8 Å². The Morgan fingerprint density at radius 3 is 2.81 bits per heavy atom. The van der Waals surface area contributed by atoms with E-state index < -0.39 is 17.8 Å². The number of aromatic nitrogens is 3. The Labute approximate surface area is 180 Å². The maximum Gasteiger partial charge on any atom is 0.319 e. The molecule has 0 saturated heterocycles. The van der Waals surface area contributed by atoms with Crippen LogP contribution in [0.3, 0.4) is 0 Å². The molecule has 2 amide bonds. The highest BCUT2D eigenvalue weighted by molar-refractivity contribution is 6.33. The van der Waals surface area contributed by atoms with Gasteiger partial charge in [-0.15, -0.1) is 0 Å². The van der Waals surface area contributed by atoms with Crippen molar-refractivity contribution in [3.63, 3.8) is 0 Å². The first kappa shape index (κ1) is 20.9. The second-order valence-electron chi connectivity index (χ2n) is 7.46. The Morgan fingerprint density at radius 2 is 2.06 bits per heavy atom. The molecule has 1 aliphatic rings. The van der Waals surface area contributed by atoms with Crippen LogP contribution in [0.15, 0.2) is 41.3 Å². The lowest BCUT2D eigenvalue weighted by atomic mass is 9.85. The van der Waals surface area contributed by atoms with Gasteiger partial charge in [0, 0.05) is 35.3 Å². The van der Waals surface area contributed by atoms with E-state index in [1.807, 2.05) is 6.92 Å². The number of nitrogens with zero attached hydrogens (tertiary/aromatic N) is 2. The van der Waals surface area contributed by atoms with Crippen LogP contribution < -0.4 is 16.2 Å². The number of pyridine rings is 1. The second-order valence-corrected chi connectivity index (χ2v) is 7.87. The number of carbonyl (C=O) groups is 1. The number of H-pyrrole nitrogens is 1. The maximum atomic E-state index is 14.6. The van der Waals surface area contributed by atoms with Crippen LogP contribution in [0.2, 0.25) is 5.02 Å². The van der Waals surface area contributed by atoms with Gasteiger partial charge in [0.25, 0.3) is 5.56 Å². The van der Waals surface area contributed by atoms with E-state index in [4.69, 9.17) is 11.6 Å². The zero-order valence-electron chi connectivity index (χ0n) is 16.4. The summed E-state index contributed by atoms with van der Waals surface area (Å²) in [5.74, 6) is -1.31. The molecule has 31 heavy (non-hydrogen) atoms. The summed E-state index contributed by atoms with van der Waals surface area (Å²) in [5.41, 5.74) is 1.96. The van der Waals surface area contributed by atoms with E-state index in [9.17, 15) is 18.4 Å². The molecule has 4 rings (SSSR count). The van der Waals surface area contributed by atoms with Gasteiger partial charge in [-0.05, 0) is 42.7 Å². The van der Waals surface area contributed by atoms with Crippen LogP contribution in [-0.4, -0.2) is 27.3 Å². The highest BCUT2D eigenvalue weighted by Gasteiger charge is 2.27. The first-order chi connectivity index (χ1) is 14.8. The highest BCUT2D eigenvalue weighted by atomic mass is 35.5. The summed E-state index contributed by atoms with van der Waals surface area (Å²) in [6.07, 6.45) is 2.32. The van der Waals surface area contributed by atoms with Crippen LogP contribution in [-0.2, 0) is 6.42 Å². The van der Waals surface area contributed by atoms with Crippen LogP contribution in [0.1, 0.15) is 30.5 Å². The van der Waals surface area contributed by atoms with Crippen molar-refractivity contribution in [1.82, 2.24) is 20.5 Å². The Bertz CT molecular complexity index is 1200. The monoisotopic (exact) mass is 445 g/mol. The first-order valence-corrected chi connectivity index (χ1v) is 9.95. The predicted molar refractivity (Wildman–Crippen MR) is 112 cm³/mol. The van der Waals surface area contributed by atoms with Crippen LogP contribution in [0.25, 0.3) is 11.1 Å². The van der Waals surface area contributed by atoms with Crippen LogP contribution >= 0.6 is 11.6 Å². The molecule has 0 saturated carbocycles. The number of halogens is 3. The minimum Gasteiger partial charge on any atom is -0.335 e. The van der Waals surface area contributed by atoms with Gasteiger partial charge in [-0.3, -0.25) is 4.79 Å². The number of aromatic amines is 1. The third kappa shape index (κ3) is 4.56. The molecule has 10 heteroatoms. The topological polar surface area (TPSA) is 99.8 Å². The number of rotatable bonds is 3. The Kier molecular flexibility index (Phi) is 5.69. The van der Waals surface area contributed by atoms with Crippen molar-refractivity contribution in [2.75, 3.05) is 5.32 Å². The molecule has 0 radical (unpaired) electrons. The number of amides is 2. The summed E-state index contributed by atoms with van der Waals surface area (Å²) in [7, 11) is 0. The number of fused-ring (bicyclic) bond motifs is 1. The fraction of sp³-hybridized carbons (Fsp3) is 0.238. The maximum absolute atomic E-state index is 14.6. The average Bonchev–Trinajstić information content (AvgIpc) is 2.71. The van der Waals surface area contributed by atoms with Gasteiger partial charge in [0.15, 0.2) is 0 Å². The van der Waals surface area contributed by atoms with Crippen molar-refractivity contribution in [2.24, 2.45) is 0 Å². The summed E-state index contributed by atoms with van der Waals surface area (Å²) < 4.78 is 27.6. The summed E-state index contributed by atoms with van der Waals surface area (Å²) in [4.78, 5) is 27.5. The molecule has 0 fully saturated rings. The van der Waals surface area contributed by atoms with Gasteiger partial charge in [-0.25, -0.2) is 19.3 Å². The Balaban J connectivity index is 1.47. The van der Waals surface area contributed by atoms with Crippen molar-refractivity contribution in [1.29, 1.82) is 0 Å². The minimum absolute atomic E-state index is 0.0423. The summed E-state index contributed by atoms with van der Waals surface area (Å²) >= 11 is 6.24. The van der Waals surface area contributed by atoms with Gasteiger partial charge >= 0.3 is 6.03 Å². The number of anilines is 1. The fourth-order valence-electron chi connectivity index (χ4n) is 3.78. The smallest absolute Gasteiger partial charge is 0.319 e. The van der Waals surface area contributed by atoms with Crippen molar-refractivity contribution in [2.45, 2.75) is 31.7 Å². The molecule has 0 aliphatic heterocycles. The molecule has 2 atom stereocenters. The first-order valence-electron chi connectivity index (χ1n) is 9.57. The number of benzene rings is 1. The van der Waals surface area contributed by atoms with E-state index in [2.05, 4.69) is 25.8 Å². The molecular formula is C21H18ClF2N5O2. The SMILES string of the molecule is CC1CC(NC(=O)Nc2cc(Cl)c(-c3ccc(F)nc3)cc2F)Cc2cc(=O)[nH]nc21. The van der Waals surface area contributed by atoms with Crippen molar-refractivity contribution < 1.29 is 13.6 Å². The van der Waals surface area contributed by atoms with Gasteiger partial charge in [-0.2, -0.15) is 9.49 Å². The van der Waals surface area contributed by atoms with E-state index in [0.717, 1.165) is 23.4 Å². The van der Waals surface area contributed by atoms with Crippen molar-refractivity contribution >= 4 is 23.3 Å². The minimum atomic E-state index is -0.697. The molecule has 1 aliphatic carbocycles. The molecule has 2 heterocycles. The van der Waals surface area contributed by atoms with E-state index in [0.29, 0.717) is 24.0 Å². The lowest BCUT2D eigenvalue weighted by Crippen LogP contribution is -2.42. The average molecular weight is 446 g/mol. The molecule has 2 unspecified atom stereocenters. The Hall–Kier alpha value is -3.33. The molecule has 7 nitrogen and oxygen atoms in total. The van der Waals surface area contributed by atoms with E-state index in [1.54, 1.807) is 0 Å². The third-order valence-electron chi connectivity index (χ3n) is 5.17. The molecule has 3 aromatic rings. The third-order valence-corrected chi connectivity index (χ3v) is 5.48. The van der Waals surface area contributed by atoms with Gasteiger partial charge in [0.2, 0.25) is 5.95 Å². The van der Waals surface area contributed by atoms with E-state index in [1.165, 1.54) is 24.4 Å². The molecule has 160 valence electrons. The highest BCUT2D eigenvalue weighted by Crippen LogP contribution is 2.32. The van der Waals surface area contributed by atoms with Crippen LogP contribution in [0.4, 0.5) is 19.3 Å². The lowest BCUT2D eigenvalue weighted by Gasteiger charge is -2.28. The van der Waals surface area contributed by atoms with Crippen molar-refractivity contribution in [3.8, 4) is 11.1 Å². The quantitative estimate of drug-likeness (QED) is 0.530. The summed E-state index contributed by atoms with van der Waals surface area (Å²) in [6.45, 7) is 1.96. The second kappa shape index (κ2) is 8.43. The largest absolute Gasteiger partial charge is 0.335 e. The van der Waals surface area contributed by atoms with Gasteiger partial charge in [-0.1, -0.05) is 18.5 Å². The lowest BCUT2D eigenvalue weighted by molar-refractivity contribution is 0.246. The van der Waals surface area contributed by atoms with Gasteiger partial charge < -0.3 is 10.6 Å². The number of hydrogen-bond acceptors (Lipinski definition) is 4. The zero-order valence-corrected chi connectivity index (χ0v) is 17.1.